The first-order valence-electron chi connectivity index (χ1n) is 40.8. The summed E-state index contributed by atoms with van der Waals surface area (Å²) in [6.45, 7) is 14.2. The van der Waals surface area contributed by atoms with Crippen molar-refractivity contribution < 1.29 is 80.2 Å². The number of hydrogen-bond donors (Lipinski definition) is 3. The quantitative estimate of drug-likeness (QED) is 0.0222. The van der Waals surface area contributed by atoms with E-state index in [1.54, 1.807) is 0 Å². The lowest BCUT2D eigenvalue weighted by atomic mass is 9.99. The van der Waals surface area contributed by atoms with Crippen LogP contribution in [0.25, 0.3) is 0 Å². The molecule has 0 aliphatic heterocycles. The second-order valence-electron chi connectivity index (χ2n) is 29.7. The van der Waals surface area contributed by atoms with Gasteiger partial charge in [0.25, 0.3) is 0 Å². The fourth-order valence-electron chi connectivity index (χ4n) is 12.0. The van der Waals surface area contributed by atoms with E-state index in [-0.39, 0.29) is 25.7 Å². The van der Waals surface area contributed by atoms with Gasteiger partial charge in [-0.3, -0.25) is 37.3 Å². The van der Waals surface area contributed by atoms with Gasteiger partial charge in [-0.15, -0.1) is 0 Å². The Hall–Kier alpha value is -1.94. The van der Waals surface area contributed by atoms with Gasteiger partial charge < -0.3 is 33.8 Å². The second-order valence-corrected chi connectivity index (χ2v) is 32.6. The van der Waals surface area contributed by atoms with Gasteiger partial charge in [0.15, 0.2) is 12.2 Å². The number of hydrogen-bond acceptors (Lipinski definition) is 15. The number of esters is 4. The first-order valence-corrected chi connectivity index (χ1v) is 43.8. The maximum atomic E-state index is 13.1. The highest BCUT2D eigenvalue weighted by Crippen LogP contribution is 2.45. The van der Waals surface area contributed by atoms with Gasteiger partial charge in [-0.05, 0) is 49.4 Å². The summed E-state index contributed by atoms with van der Waals surface area (Å²) >= 11 is 0. The summed E-state index contributed by atoms with van der Waals surface area (Å²) < 4.78 is 68.6. The molecule has 0 aromatic rings. The molecular weight excluding hydrogens is 1280 g/mol. The SMILES string of the molecule is CCC(C)CCCCCCCCCCCCCCCCCCCCC(=O)O[C@H](COC(=O)CCCCCCCCCCCCCC(C)C)COP(=O)(O)OC[C@@H](O)COP(=O)(O)OC[C@@H](COC(=O)CCCCCCCCC(C)CC)OC(=O)CCCCCCCCCCC(C)CC. The highest BCUT2D eigenvalue weighted by atomic mass is 31.2. The summed E-state index contributed by atoms with van der Waals surface area (Å²) in [5, 5.41) is 10.6. The number of aliphatic hydroxyl groups excluding tert-OH is 1. The van der Waals surface area contributed by atoms with Gasteiger partial charge in [-0.1, -0.05) is 351 Å². The van der Waals surface area contributed by atoms with E-state index in [4.69, 9.17) is 37.0 Å². The molecule has 0 amide bonds. The number of ether oxygens (including phenoxy) is 4. The molecule has 0 saturated carbocycles. The maximum absolute atomic E-state index is 13.1. The molecule has 0 aromatic heterocycles. The van der Waals surface area contributed by atoms with Crippen LogP contribution >= 0.6 is 15.6 Å². The Bertz CT molecular complexity index is 1930. The van der Waals surface area contributed by atoms with Crippen molar-refractivity contribution in [3.63, 3.8) is 0 Å². The molecule has 0 heterocycles. The Kier molecular flexibility index (Phi) is 66.8. The monoisotopic (exact) mass is 1440 g/mol. The summed E-state index contributed by atoms with van der Waals surface area (Å²) in [5.41, 5.74) is 0. The number of carbonyl (C=O) groups is 4. The number of unbranched alkanes of at least 4 members (excludes halogenated alkanes) is 39. The van der Waals surface area contributed by atoms with Crippen molar-refractivity contribution in [2.75, 3.05) is 39.6 Å². The van der Waals surface area contributed by atoms with E-state index in [1.807, 2.05) is 0 Å². The standard InChI is InChI=1S/C79H154O17P2/c1-9-70(6)56-48-40-32-26-22-18-16-14-12-13-15-17-19-23-28-35-45-53-61-78(83)95-74(65-89-76(81)59-51-43-34-27-24-20-21-25-31-39-47-55-69(4)5)67-93-97(85,86)91-63-73(80)64-92-98(87,88)94-68-75(66-90-77(82)60-52-44-38-37-42-50-58-72(8)11-3)96-79(84)62-54-46-36-30-29-33-41-49-57-71(7)10-2/h69-75,80H,9-68H2,1-8H3,(H,85,86)(H,87,88)/t70?,71?,72?,73-,74-,75-/m1/s1. The van der Waals surface area contributed by atoms with Crippen molar-refractivity contribution in [3.8, 4) is 0 Å². The van der Waals surface area contributed by atoms with E-state index in [9.17, 15) is 43.2 Å². The molecule has 0 rings (SSSR count). The predicted molar refractivity (Wildman–Crippen MR) is 400 cm³/mol. The van der Waals surface area contributed by atoms with E-state index in [0.717, 1.165) is 120 Å². The number of aliphatic hydroxyl groups is 1. The van der Waals surface area contributed by atoms with Crippen molar-refractivity contribution >= 4 is 39.5 Å². The molecule has 0 radical (unpaired) electrons. The first kappa shape index (κ1) is 96.1. The Morgan fingerprint density at radius 3 is 0.724 bits per heavy atom. The summed E-state index contributed by atoms with van der Waals surface area (Å²) in [5.74, 6) is 1.02. The van der Waals surface area contributed by atoms with Gasteiger partial charge in [0.2, 0.25) is 0 Å². The van der Waals surface area contributed by atoms with Crippen molar-refractivity contribution in [2.24, 2.45) is 23.7 Å². The zero-order valence-corrected chi connectivity index (χ0v) is 66.2. The third-order valence-electron chi connectivity index (χ3n) is 19.4. The summed E-state index contributed by atoms with van der Waals surface area (Å²) in [6.07, 6.45) is 54.1. The van der Waals surface area contributed by atoms with Gasteiger partial charge in [0, 0.05) is 25.7 Å². The van der Waals surface area contributed by atoms with Gasteiger partial charge in [-0.2, -0.15) is 0 Å². The zero-order valence-electron chi connectivity index (χ0n) is 64.4. The van der Waals surface area contributed by atoms with Gasteiger partial charge >= 0.3 is 39.5 Å². The largest absolute Gasteiger partial charge is 0.472 e. The molecule has 0 saturated heterocycles. The highest BCUT2D eigenvalue weighted by Gasteiger charge is 2.30. The van der Waals surface area contributed by atoms with Crippen LogP contribution in [0.15, 0.2) is 0 Å². The molecule has 3 N–H and O–H groups in total. The molecule has 98 heavy (non-hydrogen) atoms. The third-order valence-corrected chi connectivity index (χ3v) is 21.3. The van der Waals surface area contributed by atoms with Gasteiger partial charge in [-0.25, -0.2) is 9.13 Å². The second kappa shape index (κ2) is 68.2. The molecule has 582 valence electrons. The fraction of sp³-hybridized carbons (Fsp3) is 0.949. The average Bonchev–Trinajstić information content (AvgIpc) is 1.15. The minimum Gasteiger partial charge on any atom is -0.462 e. The minimum absolute atomic E-state index is 0.104. The predicted octanol–water partition coefficient (Wildman–Crippen LogP) is 23.2. The van der Waals surface area contributed by atoms with Crippen LogP contribution in [0, 0.1) is 23.7 Å². The van der Waals surface area contributed by atoms with Crippen molar-refractivity contribution in [1.29, 1.82) is 0 Å². The van der Waals surface area contributed by atoms with Crippen LogP contribution in [0.4, 0.5) is 0 Å². The number of rotatable bonds is 76. The van der Waals surface area contributed by atoms with Crippen LogP contribution in [0.1, 0.15) is 402 Å². The minimum atomic E-state index is -4.96. The molecule has 0 aliphatic carbocycles. The van der Waals surface area contributed by atoms with Crippen LogP contribution < -0.4 is 0 Å². The average molecular weight is 1440 g/mol. The van der Waals surface area contributed by atoms with Crippen LogP contribution in [0.5, 0.6) is 0 Å². The number of carbonyl (C=O) groups excluding carboxylic acids is 4. The highest BCUT2D eigenvalue weighted by molar-refractivity contribution is 7.47. The van der Waals surface area contributed by atoms with Crippen LogP contribution in [-0.2, 0) is 65.4 Å². The number of phosphoric acid groups is 2. The molecule has 0 aliphatic rings. The summed E-state index contributed by atoms with van der Waals surface area (Å²) in [7, 11) is -9.92. The van der Waals surface area contributed by atoms with Crippen molar-refractivity contribution in [2.45, 2.75) is 420 Å². The Morgan fingerprint density at radius 2 is 0.490 bits per heavy atom. The number of phosphoric ester groups is 2. The molecule has 8 atom stereocenters. The van der Waals surface area contributed by atoms with Gasteiger partial charge in [0.1, 0.15) is 19.3 Å². The van der Waals surface area contributed by atoms with Crippen LogP contribution in [0.2, 0.25) is 0 Å². The summed E-state index contributed by atoms with van der Waals surface area (Å²) in [6, 6.07) is 0. The zero-order chi connectivity index (χ0) is 72.4. The van der Waals surface area contributed by atoms with E-state index >= 15 is 0 Å². The molecule has 0 fully saturated rings. The summed E-state index contributed by atoms with van der Waals surface area (Å²) in [4.78, 5) is 72.9. The molecule has 19 heteroatoms. The lowest BCUT2D eigenvalue weighted by Crippen LogP contribution is -2.30. The smallest absolute Gasteiger partial charge is 0.462 e. The van der Waals surface area contributed by atoms with Crippen molar-refractivity contribution in [3.05, 3.63) is 0 Å². The van der Waals surface area contributed by atoms with E-state index < -0.39 is 97.5 Å². The Balaban J connectivity index is 5.21. The molecule has 0 aromatic carbocycles. The fourth-order valence-corrected chi connectivity index (χ4v) is 13.6. The van der Waals surface area contributed by atoms with E-state index in [0.29, 0.717) is 25.7 Å². The van der Waals surface area contributed by atoms with Crippen molar-refractivity contribution in [1.82, 2.24) is 0 Å². The molecule has 17 nitrogen and oxygen atoms in total. The maximum Gasteiger partial charge on any atom is 0.472 e. The normalized spacial score (nSPS) is 14.9. The Labute approximate surface area is 600 Å². The lowest BCUT2D eigenvalue weighted by Gasteiger charge is -2.21. The lowest BCUT2D eigenvalue weighted by molar-refractivity contribution is -0.161. The molecular formula is C79H154O17P2. The topological polar surface area (TPSA) is 237 Å². The molecule has 0 bridgehead atoms. The molecule has 5 unspecified atom stereocenters. The Morgan fingerprint density at radius 1 is 0.286 bits per heavy atom. The molecule has 0 spiro atoms. The van der Waals surface area contributed by atoms with E-state index in [2.05, 4.69) is 55.4 Å². The van der Waals surface area contributed by atoms with E-state index in [1.165, 1.54) is 199 Å². The van der Waals surface area contributed by atoms with Crippen LogP contribution in [-0.4, -0.2) is 96.7 Å². The van der Waals surface area contributed by atoms with Gasteiger partial charge in [0.05, 0.1) is 26.4 Å². The third kappa shape index (κ3) is 68.5. The van der Waals surface area contributed by atoms with Crippen LogP contribution in [0.3, 0.4) is 0 Å². The first-order chi connectivity index (χ1) is 47.2.